The highest BCUT2D eigenvalue weighted by Gasteiger charge is 2.14. The van der Waals surface area contributed by atoms with E-state index in [1.165, 1.54) is 7.11 Å². The number of halogens is 1. The Morgan fingerprint density at radius 1 is 1.57 bits per heavy atom. The van der Waals surface area contributed by atoms with Gasteiger partial charge in [-0.15, -0.1) is 0 Å². The van der Waals surface area contributed by atoms with Crippen molar-refractivity contribution in [1.82, 2.24) is 10.2 Å². The van der Waals surface area contributed by atoms with Crippen LogP contribution in [0.15, 0.2) is 22.7 Å². The van der Waals surface area contributed by atoms with Crippen LogP contribution in [0.5, 0.6) is 0 Å². The molecule has 0 radical (unpaired) electrons. The summed E-state index contributed by atoms with van der Waals surface area (Å²) in [5, 5.41) is 7.43. The predicted molar refractivity (Wildman–Crippen MR) is 55.1 cm³/mol. The highest BCUT2D eigenvalue weighted by atomic mass is 79.9. The fourth-order valence-corrected chi connectivity index (χ4v) is 1.71. The summed E-state index contributed by atoms with van der Waals surface area (Å²) in [6.07, 6.45) is 0. The second-order valence-electron chi connectivity index (χ2n) is 2.73. The predicted octanol–water partition coefficient (Wildman–Crippen LogP) is 2.11. The third kappa shape index (κ3) is 1.29. The number of rotatable bonds is 1. The third-order valence-electron chi connectivity index (χ3n) is 1.93. The summed E-state index contributed by atoms with van der Waals surface area (Å²) in [4.78, 5) is 11.3. The average Bonchev–Trinajstić information content (AvgIpc) is 2.62. The van der Waals surface area contributed by atoms with Gasteiger partial charge in [0.2, 0.25) is 0 Å². The van der Waals surface area contributed by atoms with Crippen LogP contribution in [0, 0.1) is 0 Å². The number of ether oxygens (including phenoxy) is 1. The van der Waals surface area contributed by atoms with Gasteiger partial charge in [-0.25, -0.2) is 4.79 Å². The van der Waals surface area contributed by atoms with Crippen molar-refractivity contribution in [2.75, 3.05) is 7.11 Å². The van der Waals surface area contributed by atoms with Crippen LogP contribution in [0.2, 0.25) is 0 Å². The number of nitrogens with one attached hydrogen (secondary N) is 1. The lowest BCUT2D eigenvalue weighted by Gasteiger charge is -1.94. The van der Waals surface area contributed by atoms with Crippen molar-refractivity contribution in [3.8, 4) is 0 Å². The topological polar surface area (TPSA) is 55.0 Å². The van der Waals surface area contributed by atoms with Crippen LogP contribution in [0.4, 0.5) is 0 Å². The molecule has 0 spiro atoms. The maximum atomic E-state index is 11.3. The molecule has 0 aliphatic carbocycles. The minimum atomic E-state index is -0.436. The number of nitrogens with zero attached hydrogens (tertiary/aromatic N) is 1. The molecule has 0 unspecified atom stereocenters. The summed E-state index contributed by atoms with van der Waals surface area (Å²) in [5.74, 6) is -0.436. The standard InChI is InChI=1S/C9H7BrN2O2/c1-14-9(13)8-5-3-2-4-6(10)7(5)11-12-8/h2-4H,1H3,(H,11,12). The van der Waals surface area contributed by atoms with E-state index in [9.17, 15) is 4.79 Å². The fourth-order valence-electron chi connectivity index (χ4n) is 1.26. The van der Waals surface area contributed by atoms with Gasteiger partial charge in [0.25, 0.3) is 0 Å². The molecule has 0 saturated carbocycles. The van der Waals surface area contributed by atoms with E-state index in [1.807, 2.05) is 18.2 Å². The van der Waals surface area contributed by atoms with Crippen molar-refractivity contribution >= 4 is 32.8 Å². The Balaban J connectivity index is 2.70. The van der Waals surface area contributed by atoms with E-state index in [2.05, 4.69) is 30.9 Å². The molecule has 2 rings (SSSR count). The van der Waals surface area contributed by atoms with Crippen molar-refractivity contribution in [2.24, 2.45) is 0 Å². The van der Waals surface area contributed by atoms with Gasteiger partial charge in [0.05, 0.1) is 12.6 Å². The summed E-state index contributed by atoms with van der Waals surface area (Å²) < 4.78 is 5.48. The molecular formula is C9H7BrN2O2. The molecule has 0 fully saturated rings. The zero-order chi connectivity index (χ0) is 10.1. The van der Waals surface area contributed by atoms with Crippen LogP contribution in [-0.2, 0) is 4.74 Å². The molecule has 0 amide bonds. The molecule has 1 heterocycles. The molecule has 1 aromatic carbocycles. The average molecular weight is 255 g/mol. The quantitative estimate of drug-likeness (QED) is 0.794. The number of hydrogen-bond donors (Lipinski definition) is 1. The van der Waals surface area contributed by atoms with Gasteiger partial charge in [-0.3, -0.25) is 5.10 Å². The number of para-hydroxylation sites is 1. The van der Waals surface area contributed by atoms with E-state index in [0.29, 0.717) is 5.69 Å². The number of aromatic nitrogens is 2. The number of esters is 1. The lowest BCUT2D eigenvalue weighted by atomic mass is 10.2. The molecule has 4 nitrogen and oxygen atoms in total. The second-order valence-corrected chi connectivity index (χ2v) is 3.58. The Labute approximate surface area is 88.4 Å². The molecule has 5 heteroatoms. The summed E-state index contributed by atoms with van der Waals surface area (Å²) >= 11 is 3.36. The van der Waals surface area contributed by atoms with E-state index >= 15 is 0 Å². The normalized spacial score (nSPS) is 10.4. The summed E-state index contributed by atoms with van der Waals surface area (Å²) in [7, 11) is 1.33. The summed E-state index contributed by atoms with van der Waals surface area (Å²) in [6.45, 7) is 0. The molecule has 0 aliphatic rings. The zero-order valence-electron chi connectivity index (χ0n) is 7.37. The van der Waals surface area contributed by atoms with Crippen molar-refractivity contribution < 1.29 is 9.53 Å². The first-order chi connectivity index (χ1) is 6.74. The van der Waals surface area contributed by atoms with Crippen LogP contribution in [-0.4, -0.2) is 23.3 Å². The van der Waals surface area contributed by atoms with E-state index in [4.69, 9.17) is 0 Å². The molecule has 14 heavy (non-hydrogen) atoms. The number of carbonyl (C=O) groups excluding carboxylic acids is 1. The third-order valence-corrected chi connectivity index (χ3v) is 2.59. The molecule has 2 aromatic rings. The van der Waals surface area contributed by atoms with E-state index in [1.54, 1.807) is 0 Å². The maximum absolute atomic E-state index is 11.3. The minimum absolute atomic E-state index is 0.309. The van der Waals surface area contributed by atoms with Crippen molar-refractivity contribution in [2.45, 2.75) is 0 Å². The van der Waals surface area contributed by atoms with Gasteiger partial charge >= 0.3 is 5.97 Å². The van der Waals surface area contributed by atoms with Gasteiger partial charge in [-0.05, 0) is 22.0 Å². The first-order valence-corrected chi connectivity index (χ1v) is 4.74. The molecule has 72 valence electrons. The number of methoxy groups -OCH3 is 1. The minimum Gasteiger partial charge on any atom is -0.464 e. The van der Waals surface area contributed by atoms with Gasteiger partial charge in [0.15, 0.2) is 5.69 Å². The van der Waals surface area contributed by atoms with Gasteiger partial charge in [-0.1, -0.05) is 12.1 Å². The highest BCUT2D eigenvalue weighted by molar-refractivity contribution is 9.10. The smallest absolute Gasteiger partial charge is 0.359 e. The Hall–Kier alpha value is -1.36. The Kier molecular flexibility index (Phi) is 2.25. The van der Waals surface area contributed by atoms with E-state index < -0.39 is 5.97 Å². The van der Waals surface area contributed by atoms with Crippen LogP contribution >= 0.6 is 15.9 Å². The van der Waals surface area contributed by atoms with Crippen molar-refractivity contribution in [3.63, 3.8) is 0 Å². The largest absolute Gasteiger partial charge is 0.464 e. The number of H-pyrrole nitrogens is 1. The number of fused-ring (bicyclic) bond motifs is 1. The molecule has 0 saturated heterocycles. The number of carbonyl (C=O) groups is 1. The van der Waals surface area contributed by atoms with Crippen molar-refractivity contribution in [3.05, 3.63) is 28.4 Å². The number of hydrogen-bond acceptors (Lipinski definition) is 3. The molecule has 0 aliphatic heterocycles. The van der Waals surface area contributed by atoms with E-state index in [0.717, 1.165) is 15.4 Å². The lowest BCUT2D eigenvalue weighted by Crippen LogP contribution is -2.01. The van der Waals surface area contributed by atoms with Gasteiger partial charge in [0.1, 0.15) is 0 Å². The monoisotopic (exact) mass is 254 g/mol. The Bertz CT molecular complexity index is 493. The van der Waals surface area contributed by atoms with Crippen LogP contribution < -0.4 is 0 Å². The molecule has 0 atom stereocenters. The molecular weight excluding hydrogens is 248 g/mol. The summed E-state index contributed by atoms with van der Waals surface area (Å²) in [5.41, 5.74) is 1.11. The van der Waals surface area contributed by atoms with Gasteiger partial charge in [0, 0.05) is 9.86 Å². The Morgan fingerprint density at radius 3 is 3.07 bits per heavy atom. The fraction of sp³-hybridized carbons (Fsp3) is 0.111. The zero-order valence-corrected chi connectivity index (χ0v) is 8.96. The van der Waals surface area contributed by atoms with Gasteiger partial charge < -0.3 is 4.74 Å². The lowest BCUT2D eigenvalue weighted by molar-refractivity contribution is 0.0596. The SMILES string of the molecule is COC(=O)c1n[nH]c2c(Br)cccc12. The second kappa shape index (κ2) is 3.42. The Morgan fingerprint density at radius 2 is 2.36 bits per heavy atom. The van der Waals surface area contributed by atoms with E-state index in [-0.39, 0.29) is 0 Å². The van der Waals surface area contributed by atoms with Crippen molar-refractivity contribution in [1.29, 1.82) is 0 Å². The van der Waals surface area contributed by atoms with Crippen LogP contribution in [0.1, 0.15) is 10.5 Å². The molecule has 1 aromatic heterocycles. The van der Waals surface area contributed by atoms with Crippen LogP contribution in [0.25, 0.3) is 10.9 Å². The molecule has 1 N–H and O–H groups in total. The molecule has 0 bridgehead atoms. The first-order valence-electron chi connectivity index (χ1n) is 3.95. The number of benzene rings is 1. The maximum Gasteiger partial charge on any atom is 0.359 e. The summed E-state index contributed by atoms with van der Waals surface area (Å²) in [6, 6.07) is 5.53. The highest BCUT2D eigenvalue weighted by Crippen LogP contribution is 2.24. The van der Waals surface area contributed by atoms with Crippen LogP contribution in [0.3, 0.4) is 0 Å². The van der Waals surface area contributed by atoms with Gasteiger partial charge in [-0.2, -0.15) is 5.10 Å². The first kappa shape index (κ1) is 9.21. The number of aromatic amines is 1.